The smallest absolute Gasteiger partial charge is 0.164 e. The zero-order valence-electron chi connectivity index (χ0n) is 13.7. The van der Waals surface area contributed by atoms with Crippen LogP contribution in [0.1, 0.15) is 30.9 Å². The molecule has 4 heteroatoms. The Kier molecular flexibility index (Phi) is 6.75. The van der Waals surface area contributed by atoms with Crippen molar-refractivity contribution in [1.82, 2.24) is 0 Å². The Morgan fingerprint density at radius 1 is 1.00 bits per heavy atom. The van der Waals surface area contributed by atoms with E-state index >= 15 is 0 Å². The second-order valence-corrected chi connectivity index (χ2v) is 5.74. The lowest BCUT2D eigenvalue weighted by Crippen LogP contribution is -2.15. The van der Waals surface area contributed by atoms with Crippen molar-refractivity contribution >= 4 is 11.6 Å². The van der Waals surface area contributed by atoms with Crippen molar-refractivity contribution in [2.45, 2.75) is 26.2 Å². The summed E-state index contributed by atoms with van der Waals surface area (Å²) < 4.78 is 11.5. The number of nitrogens with two attached hydrogens (primary N) is 1. The molecule has 124 valence electrons. The molecule has 0 aliphatic heterocycles. The third-order valence-corrected chi connectivity index (χ3v) is 3.99. The minimum absolute atomic E-state index is 0.211. The fraction of sp³-hybridized carbons (Fsp3) is 0.368. The van der Waals surface area contributed by atoms with E-state index in [-0.39, 0.29) is 5.92 Å². The van der Waals surface area contributed by atoms with Crippen molar-refractivity contribution in [2.75, 3.05) is 19.8 Å². The largest absolute Gasteiger partial charge is 0.490 e. The van der Waals surface area contributed by atoms with Gasteiger partial charge in [0.25, 0.3) is 0 Å². The van der Waals surface area contributed by atoms with Gasteiger partial charge in [0.1, 0.15) is 0 Å². The predicted octanol–water partition coefficient (Wildman–Crippen LogP) is 4.42. The van der Waals surface area contributed by atoms with E-state index in [4.69, 9.17) is 26.8 Å². The molecule has 2 N–H and O–H groups in total. The molecule has 2 aromatic carbocycles. The van der Waals surface area contributed by atoms with Crippen LogP contribution in [-0.4, -0.2) is 19.8 Å². The summed E-state index contributed by atoms with van der Waals surface area (Å²) >= 11 is 5.97. The van der Waals surface area contributed by atoms with Gasteiger partial charge in [-0.2, -0.15) is 0 Å². The molecule has 0 saturated heterocycles. The maximum absolute atomic E-state index is 6.01. The topological polar surface area (TPSA) is 44.5 Å². The molecule has 3 nitrogen and oxygen atoms in total. The van der Waals surface area contributed by atoms with Crippen LogP contribution in [0.15, 0.2) is 42.5 Å². The molecular weight excluding hydrogens is 310 g/mol. The fourth-order valence-corrected chi connectivity index (χ4v) is 2.76. The fourth-order valence-electron chi connectivity index (χ4n) is 2.64. The molecule has 0 fully saturated rings. The molecule has 0 aliphatic rings. The van der Waals surface area contributed by atoms with Gasteiger partial charge in [0.05, 0.1) is 13.2 Å². The minimum atomic E-state index is 0.211. The number of benzene rings is 2. The Bertz CT molecular complexity index is 613. The lowest BCUT2D eigenvalue weighted by Gasteiger charge is -2.19. The van der Waals surface area contributed by atoms with E-state index in [1.54, 1.807) is 0 Å². The van der Waals surface area contributed by atoms with E-state index < -0.39 is 0 Å². The van der Waals surface area contributed by atoms with E-state index in [9.17, 15) is 0 Å². The van der Waals surface area contributed by atoms with Crippen molar-refractivity contribution in [2.24, 2.45) is 5.73 Å². The lowest BCUT2D eigenvalue weighted by molar-refractivity contribution is 0.285. The Labute approximate surface area is 143 Å². The van der Waals surface area contributed by atoms with Gasteiger partial charge in [0.2, 0.25) is 0 Å². The van der Waals surface area contributed by atoms with Crippen molar-refractivity contribution < 1.29 is 9.47 Å². The van der Waals surface area contributed by atoms with Gasteiger partial charge in [-0.1, -0.05) is 35.9 Å². The third-order valence-electron chi connectivity index (χ3n) is 3.74. The molecule has 23 heavy (non-hydrogen) atoms. The van der Waals surface area contributed by atoms with Crippen molar-refractivity contribution in [3.05, 3.63) is 58.6 Å². The molecular formula is C19H24ClNO2. The summed E-state index contributed by atoms with van der Waals surface area (Å²) in [6.45, 7) is 5.73. The number of ether oxygens (including phenoxy) is 2. The molecule has 0 spiro atoms. The average Bonchev–Trinajstić information content (AvgIpc) is 2.56. The van der Waals surface area contributed by atoms with Crippen molar-refractivity contribution in [3.8, 4) is 11.5 Å². The summed E-state index contributed by atoms with van der Waals surface area (Å²) in [5.41, 5.74) is 8.30. The molecule has 0 amide bonds. The van der Waals surface area contributed by atoms with Crippen molar-refractivity contribution in [1.29, 1.82) is 0 Å². The predicted molar refractivity (Wildman–Crippen MR) is 95.7 cm³/mol. The Balaban J connectivity index is 2.29. The van der Waals surface area contributed by atoms with Gasteiger partial charge in [-0.05, 0) is 56.1 Å². The molecule has 0 bridgehead atoms. The van der Waals surface area contributed by atoms with Gasteiger partial charge in [-0.25, -0.2) is 0 Å². The maximum atomic E-state index is 6.01. The minimum Gasteiger partial charge on any atom is -0.490 e. The van der Waals surface area contributed by atoms with Gasteiger partial charge in [0, 0.05) is 10.9 Å². The second kappa shape index (κ2) is 8.80. The Morgan fingerprint density at radius 3 is 2.30 bits per heavy atom. The highest BCUT2D eigenvalue weighted by atomic mass is 35.5. The maximum Gasteiger partial charge on any atom is 0.164 e. The van der Waals surface area contributed by atoms with Crippen LogP contribution in [0.2, 0.25) is 5.02 Å². The van der Waals surface area contributed by atoms with Crippen LogP contribution in [0.5, 0.6) is 11.5 Å². The quantitative estimate of drug-likeness (QED) is 0.777. The number of hydrogen-bond acceptors (Lipinski definition) is 3. The highest BCUT2D eigenvalue weighted by Gasteiger charge is 2.16. The summed E-state index contributed by atoms with van der Waals surface area (Å²) in [5, 5.41) is 0.734. The van der Waals surface area contributed by atoms with E-state index in [1.807, 2.05) is 50.2 Å². The van der Waals surface area contributed by atoms with E-state index in [1.165, 1.54) is 5.56 Å². The standard InChI is InChI=1S/C19H24ClNO2/c1-3-22-18-7-5-6-15(19(18)23-4-2)12-16(13-21)14-8-10-17(20)11-9-14/h5-11,16H,3-4,12-13,21H2,1-2H3. The first-order valence-corrected chi connectivity index (χ1v) is 8.40. The van der Waals surface area contributed by atoms with Crippen LogP contribution < -0.4 is 15.2 Å². The molecule has 2 rings (SSSR count). The van der Waals surface area contributed by atoms with Gasteiger partial charge >= 0.3 is 0 Å². The zero-order chi connectivity index (χ0) is 16.7. The van der Waals surface area contributed by atoms with Gasteiger partial charge < -0.3 is 15.2 Å². The first-order valence-electron chi connectivity index (χ1n) is 8.02. The molecule has 1 atom stereocenters. The third kappa shape index (κ3) is 4.63. The monoisotopic (exact) mass is 333 g/mol. The summed E-state index contributed by atoms with van der Waals surface area (Å²) in [6, 6.07) is 13.9. The number of hydrogen-bond donors (Lipinski definition) is 1. The zero-order valence-corrected chi connectivity index (χ0v) is 14.5. The lowest BCUT2D eigenvalue weighted by atomic mass is 9.91. The van der Waals surface area contributed by atoms with Crippen LogP contribution in [0.25, 0.3) is 0 Å². The SMILES string of the molecule is CCOc1cccc(CC(CN)c2ccc(Cl)cc2)c1OCC. The second-order valence-electron chi connectivity index (χ2n) is 5.30. The van der Waals surface area contributed by atoms with Gasteiger partial charge in [0.15, 0.2) is 11.5 Å². The van der Waals surface area contributed by atoms with Crippen LogP contribution >= 0.6 is 11.6 Å². The van der Waals surface area contributed by atoms with Crippen molar-refractivity contribution in [3.63, 3.8) is 0 Å². The highest BCUT2D eigenvalue weighted by molar-refractivity contribution is 6.30. The highest BCUT2D eigenvalue weighted by Crippen LogP contribution is 2.34. The van der Waals surface area contributed by atoms with Crippen LogP contribution in [0.4, 0.5) is 0 Å². The Morgan fingerprint density at radius 2 is 1.70 bits per heavy atom. The first kappa shape index (κ1) is 17.6. The molecule has 0 aliphatic carbocycles. The van der Waals surface area contributed by atoms with E-state index in [0.717, 1.165) is 28.5 Å². The number of rotatable bonds is 8. The van der Waals surface area contributed by atoms with E-state index in [2.05, 4.69) is 6.07 Å². The number of halogens is 1. The molecule has 0 radical (unpaired) electrons. The normalized spacial score (nSPS) is 12.0. The summed E-state index contributed by atoms with van der Waals surface area (Å²) in [4.78, 5) is 0. The Hall–Kier alpha value is -1.71. The molecule has 0 aromatic heterocycles. The summed E-state index contributed by atoms with van der Waals surface area (Å²) in [7, 11) is 0. The summed E-state index contributed by atoms with van der Waals surface area (Å²) in [6.07, 6.45) is 0.800. The van der Waals surface area contributed by atoms with Gasteiger partial charge in [-0.3, -0.25) is 0 Å². The first-order chi connectivity index (χ1) is 11.2. The average molecular weight is 334 g/mol. The molecule has 1 unspecified atom stereocenters. The van der Waals surface area contributed by atoms with Crippen LogP contribution in [0.3, 0.4) is 0 Å². The van der Waals surface area contributed by atoms with Crippen LogP contribution in [-0.2, 0) is 6.42 Å². The molecule has 2 aromatic rings. The van der Waals surface area contributed by atoms with Crippen LogP contribution in [0, 0.1) is 0 Å². The number of para-hydroxylation sites is 1. The molecule has 0 saturated carbocycles. The summed E-state index contributed by atoms with van der Waals surface area (Å²) in [5.74, 6) is 1.83. The molecule has 0 heterocycles. The van der Waals surface area contributed by atoms with Gasteiger partial charge in [-0.15, -0.1) is 0 Å². The van der Waals surface area contributed by atoms with E-state index in [0.29, 0.717) is 19.8 Å².